The summed E-state index contributed by atoms with van der Waals surface area (Å²) in [4.78, 5) is 0. The van der Waals surface area contributed by atoms with Gasteiger partial charge in [-0.25, -0.2) is 4.39 Å². The Morgan fingerprint density at radius 1 is 0.971 bits per heavy atom. The van der Waals surface area contributed by atoms with Gasteiger partial charge in [-0.15, -0.1) is 0 Å². The lowest BCUT2D eigenvalue weighted by Gasteiger charge is -2.37. The monoisotopic (exact) mass is 472 g/mol. The maximum atomic E-state index is 14.7. The average molecular weight is 473 g/mol. The van der Waals surface area contributed by atoms with E-state index in [1.807, 2.05) is 18.2 Å². The van der Waals surface area contributed by atoms with Crippen molar-refractivity contribution >= 4 is 0 Å². The Kier molecular flexibility index (Phi) is 5.41. The van der Waals surface area contributed by atoms with E-state index in [-0.39, 0.29) is 17.8 Å². The molecule has 0 N–H and O–H groups in total. The normalized spacial score (nSPS) is 23.3. The molecule has 182 valence electrons. The number of hydrogen-bond acceptors (Lipinski definition) is 3. The fourth-order valence-corrected chi connectivity index (χ4v) is 6.06. The van der Waals surface area contributed by atoms with Gasteiger partial charge >= 0.3 is 0 Å². The molecule has 1 aliphatic heterocycles. The van der Waals surface area contributed by atoms with E-state index in [0.717, 1.165) is 71.1 Å². The number of ether oxygens (including phenoxy) is 3. The predicted octanol–water partition coefficient (Wildman–Crippen LogP) is 7.01. The molecule has 35 heavy (non-hydrogen) atoms. The zero-order valence-corrected chi connectivity index (χ0v) is 21.0. The zero-order chi connectivity index (χ0) is 24.3. The van der Waals surface area contributed by atoms with Gasteiger partial charge in [-0.3, -0.25) is 0 Å². The number of benzene rings is 3. The van der Waals surface area contributed by atoms with Crippen molar-refractivity contribution in [3.8, 4) is 22.6 Å². The van der Waals surface area contributed by atoms with Crippen molar-refractivity contribution in [1.82, 2.24) is 0 Å². The minimum Gasteiger partial charge on any atom is -0.493 e. The molecule has 0 aromatic heterocycles. The standard InChI is InChI=1S/C31H33FO3/c1-18-9-25(35-17-31(4)15-33-16-31)10-19(2)29(18)21-5-8-28(32)23(11-21)14-34-24-6-7-26-22(12-24)13-27-20(3)30(26)27/h5-12,20,27,30H,13-17H2,1-4H3. The van der Waals surface area contributed by atoms with Gasteiger partial charge in [0.2, 0.25) is 0 Å². The van der Waals surface area contributed by atoms with Crippen molar-refractivity contribution in [2.24, 2.45) is 17.3 Å². The lowest BCUT2D eigenvalue weighted by Crippen LogP contribution is -2.44. The number of fused-ring (bicyclic) bond motifs is 3. The molecular weight excluding hydrogens is 439 g/mol. The Morgan fingerprint density at radius 2 is 1.74 bits per heavy atom. The van der Waals surface area contributed by atoms with Crippen LogP contribution >= 0.6 is 0 Å². The highest BCUT2D eigenvalue weighted by Gasteiger charge is 2.52. The highest BCUT2D eigenvalue weighted by Crippen LogP contribution is 2.61. The fourth-order valence-electron chi connectivity index (χ4n) is 6.06. The van der Waals surface area contributed by atoms with Crippen LogP contribution < -0.4 is 9.47 Å². The van der Waals surface area contributed by atoms with Gasteiger partial charge in [-0.05, 0) is 108 Å². The molecule has 3 unspecified atom stereocenters. The van der Waals surface area contributed by atoms with Gasteiger partial charge < -0.3 is 14.2 Å². The van der Waals surface area contributed by atoms with Crippen molar-refractivity contribution in [1.29, 1.82) is 0 Å². The summed E-state index contributed by atoms with van der Waals surface area (Å²) in [5, 5.41) is 0. The molecule has 3 aromatic carbocycles. The van der Waals surface area contributed by atoms with Gasteiger partial charge in [-0.1, -0.05) is 26.0 Å². The summed E-state index contributed by atoms with van der Waals surface area (Å²) < 4.78 is 32.2. The van der Waals surface area contributed by atoms with Gasteiger partial charge in [0.1, 0.15) is 23.9 Å². The van der Waals surface area contributed by atoms with E-state index in [1.165, 1.54) is 11.1 Å². The largest absolute Gasteiger partial charge is 0.493 e. The van der Waals surface area contributed by atoms with Crippen LogP contribution in [0.4, 0.5) is 4.39 Å². The first kappa shape index (κ1) is 22.6. The molecule has 1 heterocycles. The Labute approximate surface area is 207 Å². The van der Waals surface area contributed by atoms with Crippen LogP contribution in [-0.2, 0) is 17.8 Å². The second-order valence-electron chi connectivity index (χ2n) is 11.2. The first-order valence-electron chi connectivity index (χ1n) is 12.7. The molecule has 3 aliphatic rings. The van der Waals surface area contributed by atoms with Crippen LogP contribution in [0.1, 0.15) is 47.6 Å². The van der Waals surface area contributed by atoms with E-state index in [1.54, 1.807) is 6.07 Å². The van der Waals surface area contributed by atoms with Gasteiger partial charge in [0.25, 0.3) is 0 Å². The quantitative estimate of drug-likeness (QED) is 0.370. The fraction of sp³-hybridized carbons (Fsp3) is 0.419. The van der Waals surface area contributed by atoms with Crippen LogP contribution in [0.2, 0.25) is 0 Å². The maximum Gasteiger partial charge on any atom is 0.129 e. The Morgan fingerprint density at radius 3 is 2.46 bits per heavy atom. The predicted molar refractivity (Wildman–Crippen MR) is 136 cm³/mol. The molecule has 1 saturated carbocycles. The van der Waals surface area contributed by atoms with Crippen LogP contribution in [0.3, 0.4) is 0 Å². The molecule has 4 heteroatoms. The molecule has 0 radical (unpaired) electrons. The van der Waals surface area contributed by atoms with Crippen LogP contribution in [0.5, 0.6) is 11.5 Å². The third-order valence-corrected chi connectivity index (χ3v) is 8.21. The third kappa shape index (κ3) is 4.12. The smallest absolute Gasteiger partial charge is 0.129 e. The molecule has 1 saturated heterocycles. The Hall–Kier alpha value is -2.85. The number of rotatable bonds is 7. The topological polar surface area (TPSA) is 27.7 Å². The number of halogens is 1. The molecule has 0 spiro atoms. The van der Waals surface area contributed by atoms with E-state index in [2.05, 4.69) is 52.0 Å². The molecule has 6 rings (SSSR count). The molecule has 3 aromatic rings. The summed E-state index contributed by atoms with van der Waals surface area (Å²) in [6.07, 6.45) is 1.15. The van der Waals surface area contributed by atoms with E-state index < -0.39 is 0 Å². The van der Waals surface area contributed by atoms with Crippen LogP contribution in [0.15, 0.2) is 48.5 Å². The SMILES string of the molecule is Cc1cc(OCC2(C)COC2)cc(C)c1-c1ccc(F)c(COc2ccc3c(c2)CC2C(C)C32)c1. The number of hydrogen-bond donors (Lipinski definition) is 0. The van der Waals surface area contributed by atoms with Gasteiger partial charge in [0.05, 0.1) is 19.8 Å². The maximum absolute atomic E-state index is 14.7. The number of aryl methyl sites for hydroxylation is 2. The van der Waals surface area contributed by atoms with Crippen LogP contribution in [0.25, 0.3) is 11.1 Å². The highest BCUT2D eigenvalue weighted by molar-refractivity contribution is 5.72. The molecular formula is C31H33FO3. The van der Waals surface area contributed by atoms with Crippen molar-refractivity contribution in [3.05, 3.63) is 82.2 Å². The first-order chi connectivity index (χ1) is 16.8. The van der Waals surface area contributed by atoms with E-state index in [9.17, 15) is 4.39 Å². The molecule has 2 fully saturated rings. The van der Waals surface area contributed by atoms with Crippen molar-refractivity contribution in [2.45, 2.75) is 46.6 Å². The summed E-state index contributed by atoms with van der Waals surface area (Å²) >= 11 is 0. The third-order valence-electron chi connectivity index (χ3n) is 8.21. The molecule has 0 amide bonds. The summed E-state index contributed by atoms with van der Waals surface area (Å²) in [6, 6.07) is 15.9. The van der Waals surface area contributed by atoms with E-state index in [4.69, 9.17) is 14.2 Å². The highest BCUT2D eigenvalue weighted by atomic mass is 19.1. The minimum atomic E-state index is -0.240. The van der Waals surface area contributed by atoms with Crippen molar-refractivity contribution in [2.75, 3.05) is 19.8 Å². The van der Waals surface area contributed by atoms with Crippen LogP contribution in [-0.4, -0.2) is 19.8 Å². The molecule has 3 atom stereocenters. The second-order valence-corrected chi connectivity index (χ2v) is 11.2. The molecule has 0 bridgehead atoms. The summed E-state index contributed by atoms with van der Waals surface area (Å²) in [7, 11) is 0. The van der Waals surface area contributed by atoms with E-state index in [0.29, 0.717) is 12.2 Å². The molecule has 2 aliphatic carbocycles. The van der Waals surface area contributed by atoms with Crippen molar-refractivity contribution in [3.63, 3.8) is 0 Å². The Balaban J connectivity index is 1.18. The second kappa shape index (κ2) is 8.37. The Bertz CT molecular complexity index is 1270. The van der Waals surface area contributed by atoms with Crippen molar-refractivity contribution < 1.29 is 18.6 Å². The lowest BCUT2D eigenvalue weighted by atomic mass is 9.90. The first-order valence-corrected chi connectivity index (χ1v) is 12.7. The average Bonchev–Trinajstić information content (AvgIpc) is 3.26. The van der Waals surface area contributed by atoms with E-state index >= 15 is 0 Å². The lowest BCUT2D eigenvalue weighted by molar-refractivity contribution is -0.120. The summed E-state index contributed by atoms with van der Waals surface area (Å²) in [5.74, 6) is 3.82. The van der Waals surface area contributed by atoms with Gasteiger partial charge in [-0.2, -0.15) is 0 Å². The minimum absolute atomic E-state index is 0.101. The van der Waals surface area contributed by atoms with Gasteiger partial charge in [0, 0.05) is 11.0 Å². The molecule has 3 nitrogen and oxygen atoms in total. The summed E-state index contributed by atoms with van der Waals surface area (Å²) in [6.45, 7) is 11.0. The van der Waals surface area contributed by atoms with Gasteiger partial charge in [0.15, 0.2) is 0 Å². The summed E-state index contributed by atoms with van der Waals surface area (Å²) in [5.41, 5.74) is 7.88. The van der Waals surface area contributed by atoms with Crippen LogP contribution in [0, 0.1) is 36.9 Å². The zero-order valence-electron chi connectivity index (χ0n) is 21.0.